The Hall–Kier alpha value is -1.93. The van der Waals surface area contributed by atoms with Gasteiger partial charge in [-0.25, -0.2) is 9.78 Å². The molecule has 1 aliphatic carbocycles. The number of hydrogen-bond donors (Lipinski definition) is 0. The first-order chi connectivity index (χ1) is 7.38. The first-order valence-corrected chi connectivity index (χ1v) is 4.93. The van der Waals surface area contributed by atoms with Crippen LogP contribution >= 0.6 is 0 Å². The van der Waals surface area contributed by atoms with Crippen LogP contribution in [0.15, 0.2) is 29.5 Å². The number of carbonyl (C=O) groups excluding carboxylic acids is 1. The van der Waals surface area contributed by atoms with Gasteiger partial charge in [-0.3, -0.25) is 0 Å². The highest BCUT2D eigenvalue weighted by Gasteiger charge is 2.27. The molecule has 15 heavy (non-hydrogen) atoms. The summed E-state index contributed by atoms with van der Waals surface area (Å²) in [4.78, 5) is 18.1. The fourth-order valence-electron chi connectivity index (χ4n) is 1.77. The third-order valence-corrected chi connectivity index (χ3v) is 2.66. The standard InChI is InChI=1S/C11H9N3O/c15-7-13-9-3-4-14-10(5-9)6-12-11(14)8-1-2-8/h3-6,8H,1-2H2. The highest BCUT2D eigenvalue weighted by Crippen LogP contribution is 2.39. The molecule has 4 heteroatoms. The van der Waals surface area contributed by atoms with Crippen molar-refractivity contribution in [3.05, 3.63) is 30.4 Å². The lowest BCUT2D eigenvalue weighted by Gasteiger charge is -1.98. The fraction of sp³-hybridized carbons (Fsp3) is 0.273. The Morgan fingerprint density at radius 3 is 3.13 bits per heavy atom. The molecule has 0 aromatic carbocycles. The quantitative estimate of drug-likeness (QED) is 0.549. The third kappa shape index (κ3) is 1.35. The maximum atomic E-state index is 10.1. The third-order valence-electron chi connectivity index (χ3n) is 2.66. The Labute approximate surface area is 86.3 Å². The van der Waals surface area contributed by atoms with E-state index in [2.05, 4.69) is 14.4 Å². The number of fused-ring (bicyclic) bond motifs is 1. The van der Waals surface area contributed by atoms with Gasteiger partial charge in [-0.15, -0.1) is 0 Å². The average molecular weight is 199 g/mol. The molecule has 0 unspecified atom stereocenters. The Kier molecular flexibility index (Phi) is 1.70. The highest BCUT2D eigenvalue weighted by molar-refractivity contribution is 5.59. The molecule has 0 radical (unpaired) electrons. The number of nitrogens with zero attached hydrogens (tertiary/aromatic N) is 3. The molecule has 1 saturated carbocycles. The molecule has 1 fully saturated rings. The molecular weight excluding hydrogens is 190 g/mol. The zero-order chi connectivity index (χ0) is 10.3. The molecule has 4 nitrogen and oxygen atoms in total. The zero-order valence-electron chi connectivity index (χ0n) is 8.05. The van der Waals surface area contributed by atoms with Gasteiger partial charge < -0.3 is 4.40 Å². The minimum absolute atomic E-state index is 0.618. The lowest BCUT2D eigenvalue weighted by molar-refractivity contribution is 0.565. The molecule has 0 N–H and O–H groups in total. The second-order valence-electron chi connectivity index (χ2n) is 3.77. The van der Waals surface area contributed by atoms with E-state index in [1.54, 1.807) is 6.07 Å². The first-order valence-electron chi connectivity index (χ1n) is 4.93. The summed E-state index contributed by atoms with van der Waals surface area (Å²) in [6.45, 7) is 0. The summed E-state index contributed by atoms with van der Waals surface area (Å²) in [6.07, 6.45) is 7.72. The van der Waals surface area contributed by atoms with Crippen molar-refractivity contribution in [2.45, 2.75) is 18.8 Å². The van der Waals surface area contributed by atoms with Crippen LogP contribution in [0.2, 0.25) is 0 Å². The predicted molar refractivity (Wildman–Crippen MR) is 54.9 cm³/mol. The topological polar surface area (TPSA) is 46.7 Å². The molecule has 2 aromatic heterocycles. The van der Waals surface area contributed by atoms with E-state index in [9.17, 15) is 4.79 Å². The molecule has 2 aromatic rings. The number of hydrogen-bond acceptors (Lipinski definition) is 3. The van der Waals surface area contributed by atoms with Crippen LogP contribution in [0.25, 0.3) is 5.52 Å². The molecule has 0 amide bonds. The van der Waals surface area contributed by atoms with E-state index in [0.29, 0.717) is 11.6 Å². The van der Waals surface area contributed by atoms with Crippen molar-refractivity contribution < 1.29 is 4.79 Å². The van der Waals surface area contributed by atoms with Crippen molar-refractivity contribution in [3.63, 3.8) is 0 Å². The normalized spacial score (nSPS) is 15.2. The monoisotopic (exact) mass is 199 g/mol. The summed E-state index contributed by atoms with van der Waals surface area (Å²) in [5.41, 5.74) is 1.60. The van der Waals surface area contributed by atoms with Crippen molar-refractivity contribution in [2.24, 2.45) is 4.99 Å². The number of rotatable bonds is 2. The van der Waals surface area contributed by atoms with Gasteiger partial charge in [-0.1, -0.05) is 0 Å². The average Bonchev–Trinajstić information content (AvgIpc) is 3.00. The van der Waals surface area contributed by atoms with E-state index in [1.165, 1.54) is 18.9 Å². The minimum Gasteiger partial charge on any atom is -0.303 e. The van der Waals surface area contributed by atoms with Crippen molar-refractivity contribution in [1.82, 2.24) is 9.38 Å². The van der Waals surface area contributed by atoms with E-state index in [0.717, 1.165) is 11.3 Å². The van der Waals surface area contributed by atoms with E-state index in [1.807, 2.05) is 18.5 Å². The molecule has 0 atom stereocenters. The second-order valence-corrected chi connectivity index (χ2v) is 3.77. The van der Waals surface area contributed by atoms with Gasteiger partial charge in [0.05, 0.1) is 17.4 Å². The van der Waals surface area contributed by atoms with E-state index >= 15 is 0 Å². The largest absolute Gasteiger partial charge is 0.303 e. The smallest absolute Gasteiger partial charge is 0.240 e. The number of imidazole rings is 1. The van der Waals surface area contributed by atoms with Crippen LogP contribution in [-0.2, 0) is 4.79 Å². The Bertz CT molecular complexity index is 562. The van der Waals surface area contributed by atoms with Crippen LogP contribution in [0, 0.1) is 0 Å². The number of pyridine rings is 1. The van der Waals surface area contributed by atoms with Crippen LogP contribution in [0.5, 0.6) is 0 Å². The molecule has 0 saturated heterocycles. The van der Waals surface area contributed by atoms with Crippen LogP contribution < -0.4 is 0 Å². The number of aromatic nitrogens is 2. The molecule has 74 valence electrons. The minimum atomic E-state index is 0.618. The van der Waals surface area contributed by atoms with Gasteiger partial charge >= 0.3 is 0 Å². The van der Waals surface area contributed by atoms with Gasteiger partial charge in [0.15, 0.2) is 0 Å². The second kappa shape index (κ2) is 3.04. The number of aliphatic imine (C=N–C) groups is 1. The summed E-state index contributed by atoms with van der Waals surface area (Å²) in [6, 6.07) is 3.63. The van der Waals surface area contributed by atoms with E-state index in [-0.39, 0.29) is 0 Å². The maximum Gasteiger partial charge on any atom is 0.240 e. The van der Waals surface area contributed by atoms with Gasteiger partial charge in [0.25, 0.3) is 0 Å². The predicted octanol–water partition coefficient (Wildman–Crippen LogP) is 2.18. The van der Waals surface area contributed by atoms with Gasteiger partial charge in [0, 0.05) is 12.1 Å². The summed E-state index contributed by atoms with van der Waals surface area (Å²) in [7, 11) is 0. The first kappa shape index (κ1) is 8.38. The molecule has 0 aliphatic heterocycles. The Morgan fingerprint density at radius 2 is 2.40 bits per heavy atom. The van der Waals surface area contributed by atoms with E-state index < -0.39 is 0 Å². The summed E-state index contributed by atoms with van der Waals surface area (Å²) >= 11 is 0. The summed E-state index contributed by atoms with van der Waals surface area (Å²) < 4.78 is 2.06. The molecule has 0 bridgehead atoms. The molecule has 0 spiro atoms. The van der Waals surface area contributed by atoms with Gasteiger partial charge in [0.2, 0.25) is 6.08 Å². The number of isocyanates is 1. The maximum absolute atomic E-state index is 10.1. The van der Waals surface area contributed by atoms with Crippen molar-refractivity contribution >= 4 is 17.3 Å². The Morgan fingerprint density at radius 1 is 1.53 bits per heavy atom. The van der Waals surface area contributed by atoms with Gasteiger partial charge in [-0.2, -0.15) is 4.99 Å². The van der Waals surface area contributed by atoms with Crippen molar-refractivity contribution in [3.8, 4) is 0 Å². The van der Waals surface area contributed by atoms with Crippen molar-refractivity contribution in [2.75, 3.05) is 0 Å². The molecule has 2 heterocycles. The van der Waals surface area contributed by atoms with Crippen LogP contribution in [0.4, 0.5) is 5.69 Å². The summed E-state index contributed by atoms with van der Waals surface area (Å²) in [5, 5.41) is 0. The lowest BCUT2D eigenvalue weighted by Crippen LogP contribution is -1.90. The molecule has 3 rings (SSSR count). The fourth-order valence-corrected chi connectivity index (χ4v) is 1.77. The summed E-state index contributed by atoms with van der Waals surface area (Å²) in [5.74, 6) is 1.74. The SMILES string of the molecule is O=C=Nc1ccn2c(C3CC3)ncc2c1. The van der Waals surface area contributed by atoms with Gasteiger partial charge in [-0.05, 0) is 25.0 Å². The highest BCUT2D eigenvalue weighted by atomic mass is 16.1. The lowest BCUT2D eigenvalue weighted by atomic mass is 10.3. The van der Waals surface area contributed by atoms with Crippen LogP contribution in [0.1, 0.15) is 24.6 Å². The zero-order valence-corrected chi connectivity index (χ0v) is 8.05. The molecule has 1 aliphatic rings. The van der Waals surface area contributed by atoms with Crippen LogP contribution in [-0.4, -0.2) is 15.5 Å². The van der Waals surface area contributed by atoms with E-state index in [4.69, 9.17) is 0 Å². The Balaban J connectivity index is 2.16. The van der Waals surface area contributed by atoms with Crippen LogP contribution in [0.3, 0.4) is 0 Å². The van der Waals surface area contributed by atoms with Gasteiger partial charge in [0.1, 0.15) is 5.82 Å². The van der Waals surface area contributed by atoms with Crippen molar-refractivity contribution in [1.29, 1.82) is 0 Å². The molecular formula is C11H9N3O.